The first-order valence-corrected chi connectivity index (χ1v) is 6.37. The summed E-state index contributed by atoms with van der Waals surface area (Å²) in [6.07, 6.45) is 1.62. The molecule has 5 nitrogen and oxygen atoms in total. The van der Waals surface area contributed by atoms with E-state index in [4.69, 9.17) is 4.74 Å². The molecule has 0 aliphatic carbocycles. The molecule has 1 aliphatic rings. The number of hydrogen-bond donors (Lipinski definition) is 0. The highest BCUT2D eigenvalue weighted by Gasteiger charge is 2.37. The number of rotatable bonds is 1. The van der Waals surface area contributed by atoms with Gasteiger partial charge in [-0.2, -0.15) is 4.90 Å². The molecule has 0 saturated heterocycles. The van der Waals surface area contributed by atoms with E-state index in [1.165, 1.54) is 6.08 Å². The second kappa shape index (κ2) is 4.86. The topological polar surface area (TPSA) is 63.7 Å². The molecule has 0 saturated carbocycles. The van der Waals surface area contributed by atoms with Gasteiger partial charge < -0.3 is 4.74 Å². The molecule has 0 spiro atoms. The van der Waals surface area contributed by atoms with E-state index in [-0.39, 0.29) is 0 Å². The Hall–Kier alpha value is -2.95. The van der Waals surface area contributed by atoms with Crippen LogP contribution in [0.25, 0.3) is 10.8 Å². The van der Waals surface area contributed by atoms with Crippen LogP contribution < -0.4 is 0 Å². The van der Waals surface area contributed by atoms with Crippen LogP contribution in [-0.4, -0.2) is 22.8 Å². The summed E-state index contributed by atoms with van der Waals surface area (Å²) in [5.74, 6) is -1.34. The highest BCUT2D eigenvalue weighted by molar-refractivity contribution is 6.30. The van der Waals surface area contributed by atoms with E-state index in [1.54, 1.807) is 31.2 Å². The number of ether oxygens (including phenoxy) is 1. The number of carbonyl (C=O) groups is 3. The van der Waals surface area contributed by atoms with Crippen LogP contribution >= 0.6 is 0 Å². The van der Waals surface area contributed by atoms with Crippen LogP contribution in [0, 0.1) is 0 Å². The third-order valence-electron chi connectivity index (χ3n) is 3.26. The van der Waals surface area contributed by atoms with E-state index >= 15 is 0 Å². The van der Waals surface area contributed by atoms with Crippen molar-refractivity contribution in [2.75, 3.05) is 0 Å². The molecule has 2 aromatic rings. The Kier molecular flexibility index (Phi) is 3.02. The molecule has 0 N–H and O–H groups in total. The zero-order valence-corrected chi connectivity index (χ0v) is 11.2. The summed E-state index contributed by atoms with van der Waals surface area (Å²) in [6.45, 7) is 1.66. The molecule has 0 radical (unpaired) electrons. The van der Waals surface area contributed by atoms with Crippen molar-refractivity contribution in [3.05, 3.63) is 59.9 Å². The van der Waals surface area contributed by atoms with Crippen LogP contribution in [0.3, 0.4) is 0 Å². The number of nitrogens with zero attached hydrogens (tertiary/aromatic N) is 1. The summed E-state index contributed by atoms with van der Waals surface area (Å²) in [5, 5.41) is 1.36. The predicted molar refractivity (Wildman–Crippen MR) is 75.7 cm³/mol. The SMILES string of the molecule is CC=COC(=O)N1C(=O)c2cccc3cccc(c23)C1=O. The van der Waals surface area contributed by atoms with Crippen molar-refractivity contribution in [1.29, 1.82) is 0 Å². The Morgan fingerprint density at radius 2 is 1.62 bits per heavy atom. The summed E-state index contributed by atoms with van der Waals surface area (Å²) in [7, 11) is 0. The highest BCUT2D eigenvalue weighted by atomic mass is 16.5. The Bertz CT molecular complexity index is 756. The molecule has 1 heterocycles. The second-order valence-electron chi connectivity index (χ2n) is 4.51. The van der Waals surface area contributed by atoms with Crippen LogP contribution in [0.15, 0.2) is 48.7 Å². The lowest BCUT2D eigenvalue weighted by Gasteiger charge is -2.24. The van der Waals surface area contributed by atoms with Gasteiger partial charge in [0.1, 0.15) is 0 Å². The summed E-state index contributed by atoms with van der Waals surface area (Å²) in [5.41, 5.74) is 0.639. The highest BCUT2D eigenvalue weighted by Crippen LogP contribution is 2.30. The molecule has 3 amide bonds. The number of allylic oxidation sites excluding steroid dienone is 1. The largest absolute Gasteiger partial charge is 0.428 e. The van der Waals surface area contributed by atoms with E-state index in [2.05, 4.69) is 0 Å². The van der Waals surface area contributed by atoms with Gasteiger partial charge in [-0.3, -0.25) is 9.59 Å². The number of amides is 3. The molecule has 5 heteroatoms. The van der Waals surface area contributed by atoms with Crippen molar-refractivity contribution in [2.24, 2.45) is 0 Å². The Morgan fingerprint density at radius 1 is 1.05 bits per heavy atom. The lowest BCUT2D eigenvalue weighted by atomic mass is 9.94. The molecule has 0 bridgehead atoms. The third-order valence-corrected chi connectivity index (χ3v) is 3.26. The van der Waals surface area contributed by atoms with Gasteiger partial charge in [0.05, 0.1) is 6.26 Å². The lowest BCUT2D eigenvalue weighted by Crippen LogP contribution is -2.44. The molecular weight excluding hydrogens is 270 g/mol. The Balaban J connectivity index is 2.17. The number of benzene rings is 2. The summed E-state index contributed by atoms with van der Waals surface area (Å²) in [6, 6.07) is 10.2. The van der Waals surface area contributed by atoms with Gasteiger partial charge in [0.2, 0.25) is 0 Å². The van der Waals surface area contributed by atoms with Crippen molar-refractivity contribution in [3.63, 3.8) is 0 Å². The number of carbonyl (C=O) groups excluding carboxylic acids is 3. The van der Waals surface area contributed by atoms with E-state index in [9.17, 15) is 14.4 Å². The van der Waals surface area contributed by atoms with Crippen LogP contribution in [0.5, 0.6) is 0 Å². The quantitative estimate of drug-likeness (QED) is 0.595. The first kappa shape index (κ1) is 13.1. The maximum atomic E-state index is 12.4. The Labute approximate surface area is 120 Å². The first-order valence-electron chi connectivity index (χ1n) is 6.37. The van der Waals surface area contributed by atoms with Crippen LogP contribution in [0.1, 0.15) is 27.6 Å². The molecule has 0 aromatic heterocycles. The molecule has 0 atom stereocenters. The first-order chi connectivity index (χ1) is 10.1. The van der Waals surface area contributed by atoms with Gasteiger partial charge in [0, 0.05) is 16.5 Å². The normalized spacial score (nSPS) is 14.0. The fourth-order valence-corrected chi connectivity index (χ4v) is 2.38. The lowest BCUT2D eigenvalue weighted by molar-refractivity contribution is 0.0600. The van der Waals surface area contributed by atoms with Gasteiger partial charge in [-0.15, -0.1) is 0 Å². The maximum Gasteiger partial charge on any atom is 0.428 e. The molecule has 0 unspecified atom stereocenters. The minimum atomic E-state index is -1.00. The van der Waals surface area contributed by atoms with Gasteiger partial charge >= 0.3 is 6.09 Å². The average molecular weight is 281 g/mol. The molecular formula is C16H11NO4. The molecule has 3 rings (SSSR count). The fraction of sp³-hybridized carbons (Fsp3) is 0.0625. The minimum Gasteiger partial charge on any atom is -0.418 e. The van der Waals surface area contributed by atoms with Gasteiger partial charge in [0.25, 0.3) is 11.8 Å². The van der Waals surface area contributed by atoms with Crippen molar-refractivity contribution in [2.45, 2.75) is 6.92 Å². The fourth-order valence-electron chi connectivity index (χ4n) is 2.38. The van der Waals surface area contributed by atoms with E-state index in [0.29, 0.717) is 21.4 Å². The van der Waals surface area contributed by atoms with E-state index in [0.717, 1.165) is 11.6 Å². The zero-order valence-electron chi connectivity index (χ0n) is 11.2. The minimum absolute atomic E-state index is 0.320. The zero-order chi connectivity index (χ0) is 15.0. The molecule has 1 aliphatic heterocycles. The van der Waals surface area contributed by atoms with Gasteiger partial charge in [0.15, 0.2) is 0 Å². The maximum absolute atomic E-state index is 12.4. The second-order valence-corrected chi connectivity index (χ2v) is 4.51. The molecule has 0 fully saturated rings. The standard InChI is InChI=1S/C16H11NO4/c1-2-9-21-16(20)17-14(18)11-7-3-5-10-6-4-8-12(13(10)11)15(17)19/h2-9H,1H3. The van der Waals surface area contributed by atoms with Crippen LogP contribution in [0.4, 0.5) is 4.79 Å². The summed E-state index contributed by atoms with van der Waals surface area (Å²) < 4.78 is 4.75. The van der Waals surface area contributed by atoms with E-state index in [1.807, 2.05) is 12.1 Å². The molecule has 104 valence electrons. The smallest absolute Gasteiger partial charge is 0.418 e. The van der Waals surface area contributed by atoms with Gasteiger partial charge in [-0.25, -0.2) is 4.79 Å². The van der Waals surface area contributed by atoms with Crippen LogP contribution in [-0.2, 0) is 4.74 Å². The predicted octanol–water partition coefficient (Wildman–Crippen LogP) is 3.11. The van der Waals surface area contributed by atoms with Crippen LogP contribution in [0.2, 0.25) is 0 Å². The van der Waals surface area contributed by atoms with Crippen molar-refractivity contribution < 1.29 is 19.1 Å². The average Bonchev–Trinajstić information content (AvgIpc) is 2.50. The molecule has 21 heavy (non-hydrogen) atoms. The monoisotopic (exact) mass is 281 g/mol. The summed E-state index contributed by atoms with van der Waals surface area (Å²) in [4.78, 5) is 37.2. The van der Waals surface area contributed by atoms with Crippen molar-refractivity contribution >= 4 is 28.7 Å². The van der Waals surface area contributed by atoms with Gasteiger partial charge in [-0.05, 0) is 24.4 Å². The number of hydrogen-bond acceptors (Lipinski definition) is 4. The van der Waals surface area contributed by atoms with E-state index < -0.39 is 17.9 Å². The Morgan fingerprint density at radius 3 is 2.14 bits per heavy atom. The van der Waals surface area contributed by atoms with Gasteiger partial charge in [-0.1, -0.05) is 30.3 Å². The van der Waals surface area contributed by atoms with Crippen molar-refractivity contribution in [1.82, 2.24) is 4.90 Å². The number of imide groups is 3. The third kappa shape index (κ3) is 1.90. The summed E-state index contributed by atoms with van der Waals surface area (Å²) >= 11 is 0. The van der Waals surface area contributed by atoms with Crippen molar-refractivity contribution in [3.8, 4) is 0 Å². The molecule has 2 aromatic carbocycles.